The molecule has 0 aromatic rings. The van der Waals surface area contributed by atoms with Crippen LogP contribution in [0.3, 0.4) is 0 Å². The Morgan fingerprint density at radius 1 is 1.02 bits per heavy atom. The van der Waals surface area contributed by atoms with Gasteiger partial charge in [0.25, 0.3) is 0 Å². The Labute approximate surface area is 248 Å². The molecule has 3 saturated carbocycles. The molecule has 6 unspecified atom stereocenters. The van der Waals surface area contributed by atoms with Gasteiger partial charge in [0.15, 0.2) is 0 Å². The third kappa shape index (κ3) is 7.73. The zero-order valence-electron chi connectivity index (χ0n) is 25.6. The molecule has 4 rings (SSSR count). The van der Waals surface area contributed by atoms with Gasteiger partial charge in [0.1, 0.15) is 0 Å². The molecule has 1 amide bonds. The monoisotopic (exact) mass is 596 g/mol. The highest BCUT2D eigenvalue weighted by molar-refractivity contribution is 7.80. The van der Waals surface area contributed by atoms with Crippen LogP contribution in [0.5, 0.6) is 0 Å². The van der Waals surface area contributed by atoms with Gasteiger partial charge >= 0.3 is 10.4 Å². The summed E-state index contributed by atoms with van der Waals surface area (Å²) < 4.78 is 36.7. The molecule has 0 aliphatic heterocycles. The van der Waals surface area contributed by atoms with Gasteiger partial charge in [0, 0.05) is 12.5 Å². The smallest absolute Gasteiger partial charge is 0.356 e. The van der Waals surface area contributed by atoms with Crippen molar-refractivity contribution in [2.24, 2.45) is 46.2 Å². The average Bonchev–Trinajstić information content (AvgIpc) is 3.27. The Hall–Kier alpha value is -1.04. The highest BCUT2D eigenvalue weighted by Crippen LogP contribution is 2.67. The summed E-state index contributed by atoms with van der Waals surface area (Å²) in [5.74, 6) is 2.46. The molecule has 41 heavy (non-hydrogen) atoms. The van der Waals surface area contributed by atoms with Gasteiger partial charge in [-0.05, 0) is 138 Å². The number of rotatable bonds is 15. The summed E-state index contributed by atoms with van der Waals surface area (Å²) in [5.41, 5.74) is 7.08. The molecule has 0 heterocycles. The fourth-order valence-corrected chi connectivity index (χ4v) is 9.84. The van der Waals surface area contributed by atoms with Crippen LogP contribution in [0.1, 0.15) is 91.4 Å². The van der Waals surface area contributed by atoms with Gasteiger partial charge in [-0.3, -0.25) is 9.35 Å². The van der Waals surface area contributed by atoms with E-state index in [0.717, 1.165) is 90.6 Å². The lowest BCUT2D eigenvalue weighted by Crippen LogP contribution is -2.51. The minimum atomic E-state index is -4.43. The quantitative estimate of drug-likeness (QED) is 0.109. The molecule has 0 radical (unpaired) electrons. The summed E-state index contributed by atoms with van der Waals surface area (Å²) in [6, 6.07) is 0. The van der Waals surface area contributed by atoms with Gasteiger partial charge in [0.2, 0.25) is 5.91 Å². The minimum Gasteiger partial charge on any atom is -0.356 e. The normalized spacial score (nSPS) is 35.6. The van der Waals surface area contributed by atoms with Crippen LogP contribution < -0.4 is 21.7 Å². The summed E-state index contributed by atoms with van der Waals surface area (Å²) in [7, 11) is -4.43. The zero-order valence-corrected chi connectivity index (χ0v) is 26.4. The number of carbonyl (C=O) groups excluding carboxylic acids is 1. The van der Waals surface area contributed by atoms with Crippen LogP contribution in [-0.2, 0) is 19.4 Å². The number of fused-ring (bicyclic) bond motifs is 5. The predicted octanol–water partition coefficient (Wildman–Crippen LogP) is 3.81. The van der Waals surface area contributed by atoms with E-state index in [2.05, 4.69) is 42.8 Å². The maximum Gasteiger partial charge on any atom is 0.397 e. The van der Waals surface area contributed by atoms with Crippen molar-refractivity contribution in [1.29, 1.82) is 0 Å². The Balaban J connectivity index is 1.24. The van der Waals surface area contributed by atoms with Crippen molar-refractivity contribution >= 4 is 16.3 Å². The highest BCUT2D eigenvalue weighted by atomic mass is 32.3. The van der Waals surface area contributed by atoms with E-state index < -0.39 is 16.5 Å². The zero-order chi connectivity index (χ0) is 29.7. The van der Waals surface area contributed by atoms with Crippen molar-refractivity contribution in [3.05, 3.63) is 11.6 Å². The maximum absolute atomic E-state index is 13.2. The van der Waals surface area contributed by atoms with Gasteiger partial charge < -0.3 is 21.7 Å². The largest absolute Gasteiger partial charge is 0.397 e. The van der Waals surface area contributed by atoms with E-state index in [1.54, 1.807) is 0 Å². The molecule has 236 valence electrons. The van der Waals surface area contributed by atoms with E-state index >= 15 is 0 Å². The van der Waals surface area contributed by atoms with Crippen molar-refractivity contribution in [2.45, 2.75) is 97.5 Å². The van der Waals surface area contributed by atoms with Crippen LogP contribution in [0, 0.1) is 40.4 Å². The van der Waals surface area contributed by atoms with E-state index in [9.17, 15) is 17.8 Å². The average molecular weight is 597 g/mol. The molecule has 0 aromatic heterocycles. The molecular weight excluding hydrogens is 540 g/mol. The molecule has 9 nitrogen and oxygen atoms in total. The lowest BCUT2D eigenvalue weighted by molar-refractivity contribution is -0.129. The Morgan fingerprint density at radius 2 is 1.71 bits per heavy atom. The van der Waals surface area contributed by atoms with Gasteiger partial charge in [-0.2, -0.15) is 8.42 Å². The lowest BCUT2D eigenvalue weighted by atomic mass is 9.47. The van der Waals surface area contributed by atoms with Gasteiger partial charge in [0.05, 0.1) is 6.10 Å². The van der Waals surface area contributed by atoms with Crippen molar-refractivity contribution in [3.63, 3.8) is 0 Å². The first-order valence-corrected chi connectivity index (χ1v) is 17.6. The number of allylic oxidation sites excluding steroid dienone is 1. The third-order valence-electron chi connectivity index (χ3n) is 11.5. The number of hydrogen-bond acceptors (Lipinski definition) is 7. The maximum atomic E-state index is 13.2. The third-order valence-corrected chi connectivity index (χ3v) is 12.0. The molecule has 4 aliphatic carbocycles. The first-order valence-electron chi connectivity index (χ1n) is 16.2. The second kappa shape index (κ2) is 14.2. The number of nitrogens with two attached hydrogens (primary N) is 1. The Kier molecular flexibility index (Phi) is 11.4. The number of amides is 1. The standard InChI is InChI=1S/C31H56N4O5S/c1-22(29(36)35-20-6-19-34-18-5-17-33-16-4-15-32)26-9-10-27-25-8-7-23-21-24(40-41(37,38)39)11-13-30(23,2)28(25)12-14-31(26,27)3/h7,22,24-28,33-34H,4-6,8-21,32H2,1-3H3,(H,35,36)(H,37,38,39)/t22?,24?,25?,26?,27?,28?,30-,31+/m0/s1. The van der Waals surface area contributed by atoms with Crippen molar-refractivity contribution in [2.75, 3.05) is 39.3 Å². The molecule has 0 saturated heterocycles. The molecular formula is C31H56N4O5S. The minimum absolute atomic E-state index is 0.0207. The van der Waals surface area contributed by atoms with Gasteiger partial charge in [-0.15, -0.1) is 0 Å². The van der Waals surface area contributed by atoms with Crippen LogP contribution >= 0.6 is 0 Å². The van der Waals surface area contributed by atoms with Crippen molar-refractivity contribution < 1.29 is 21.9 Å². The molecule has 8 atom stereocenters. The van der Waals surface area contributed by atoms with E-state index in [1.165, 1.54) is 12.0 Å². The van der Waals surface area contributed by atoms with E-state index in [1.807, 2.05) is 0 Å². The first kappa shape index (κ1) is 32.9. The summed E-state index contributed by atoms with van der Waals surface area (Å²) in [5, 5.41) is 10.1. The van der Waals surface area contributed by atoms with Gasteiger partial charge in [-0.25, -0.2) is 4.18 Å². The fourth-order valence-electron chi connectivity index (χ4n) is 9.33. The molecule has 0 aromatic carbocycles. The molecule has 10 heteroatoms. The number of hydrogen-bond donors (Lipinski definition) is 5. The SMILES string of the molecule is CC(C(=O)NCCCNCCCNCCCN)C1CCC2C3CC=C4CC(OS(=O)(=O)O)CC[C@]4(C)C3CC[C@]12C. The summed E-state index contributed by atoms with van der Waals surface area (Å²) in [6.45, 7) is 12.3. The summed E-state index contributed by atoms with van der Waals surface area (Å²) in [6.07, 6.45) is 12.7. The topological polar surface area (TPSA) is 143 Å². The van der Waals surface area contributed by atoms with Crippen LogP contribution in [0.15, 0.2) is 11.6 Å². The molecule has 3 fully saturated rings. The first-order chi connectivity index (χ1) is 19.5. The highest BCUT2D eigenvalue weighted by Gasteiger charge is 2.59. The lowest BCUT2D eigenvalue weighted by Gasteiger charge is -2.58. The van der Waals surface area contributed by atoms with Crippen molar-refractivity contribution in [1.82, 2.24) is 16.0 Å². The van der Waals surface area contributed by atoms with Crippen LogP contribution in [0.25, 0.3) is 0 Å². The van der Waals surface area contributed by atoms with E-state index in [-0.39, 0.29) is 22.7 Å². The fraction of sp³-hybridized carbons (Fsp3) is 0.903. The number of nitrogens with one attached hydrogen (secondary N) is 3. The second-order valence-electron chi connectivity index (χ2n) is 13.8. The van der Waals surface area contributed by atoms with E-state index in [4.69, 9.17) is 9.92 Å². The summed E-state index contributed by atoms with van der Waals surface area (Å²) >= 11 is 0. The Morgan fingerprint density at radius 3 is 2.39 bits per heavy atom. The molecule has 4 aliphatic rings. The predicted molar refractivity (Wildman–Crippen MR) is 162 cm³/mol. The van der Waals surface area contributed by atoms with Crippen LogP contribution in [0.4, 0.5) is 0 Å². The molecule has 0 bridgehead atoms. The second-order valence-corrected chi connectivity index (χ2v) is 14.9. The van der Waals surface area contributed by atoms with Crippen molar-refractivity contribution in [3.8, 4) is 0 Å². The van der Waals surface area contributed by atoms with Crippen LogP contribution in [-0.4, -0.2) is 64.3 Å². The summed E-state index contributed by atoms with van der Waals surface area (Å²) in [4.78, 5) is 13.2. The number of carbonyl (C=O) groups is 1. The van der Waals surface area contributed by atoms with Gasteiger partial charge in [-0.1, -0.05) is 32.4 Å². The Bertz CT molecular complexity index is 1020. The molecule has 0 spiro atoms. The molecule has 6 N–H and O–H groups in total. The van der Waals surface area contributed by atoms with E-state index in [0.29, 0.717) is 36.5 Å². The van der Waals surface area contributed by atoms with Crippen LogP contribution in [0.2, 0.25) is 0 Å².